The average molecular weight is 326 g/mol. The van der Waals surface area contributed by atoms with Crippen molar-refractivity contribution >= 4 is 9.84 Å². The molecule has 0 bridgehead atoms. The summed E-state index contributed by atoms with van der Waals surface area (Å²) in [6, 6.07) is 0. The summed E-state index contributed by atoms with van der Waals surface area (Å²) in [5.74, 6) is 0.332. The molecule has 22 heavy (non-hydrogen) atoms. The first kappa shape index (κ1) is 15.1. The first-order valence-electron chi connectivity index (χ1n) is 6.98. The smallest absolute Gasteiger partial charge is 0.243 e. The zero-order valence-corrected chi connectivity index (χ0v) is 13.1. The van der Waals surface area contributed by atoms with Crippen molar-refractivity contribution in [3.05, 3.63) is 12.4 Å². The molecule has 0 saturated carbocycles. The maximum Gasteiger partial charge on any atom is 0.243 e. The number of morpholine rings is 1. The third-order valence-electron chi connectivity index (χ3n) is 3.46. The fourth-order valence-corrected chi connectivity index (χ4v) is 2.68. The molecule has 1 fully saturated rings. The summed E-state index contributed by atoms with van der Waals surface area (Å²) in [5.41, 5.74) is 0.688. The number of nitrogens with zero attached hydrogens (tertiary/aromatic N) is 5. The van der Waals surface area contributed by atoms with Gasteiger partial charge in [0.1, 0.15) is 0 Å². The molecule has 1 aliphatic rings. The van der Waals surface area contributed by atoms with Gasteiger partial charge in [0.05, 0.1) is 31.5 Å². The van der Waals surface area contributed by atoms with Crippen molar-refractivity contribution in [2.75, 3.05) is 39.1 Å². The number of hydrogen-bond acceptors (Lipinski definition) is 7. The number of rotatable bonds is 5. The van der Waals surface area contributed by atoms with Gasteiger partial charge in [0, 0.05) is 32.1 Å². The lowest BCUT2D eigenvalue weighted by molar-refractivity contribution is 0.0360. The van der Waals surface area contributed by atoms with E-state index in [0.29, 0.717) is 11.4 Å². The maximum atomic E-state index is 11.4. The van der Waals surface area contributed by atoms with E-state index >= 15 is 0 Å². The molecular weight excluding hydrogens is 308 g/mol. The number of hydrogen-bond donors (Lipinski definition) is 1. The Morgan fingerprint density at radius 3 is 2.77 bits per heavy atom. The third kappa shape index (κ3) is 3.51. The van der Waals surface area contributed by atoms with Crippen molar-refractivity contribution in [2.24, 2.45) is 0 Å². The highest BCUT2D eigenvalue weighted by Crippen LogP contribution is 2.15. The van der Waals surface area contributed by atoms with Crippen LogP contribution in [0.5, 0.6) is 0 Å². The van der Waals surface area contributed by atoms with Crippen molar-refractivity contribution < 1.29 is 13.2 Å². The first-order chi connectivity index (χ1) is 10.5. The topological polar surface area (TPSA) is 106 Å². The summed E-state index contributed by atoms with van der Waals surface area (Å²) in [6.45, 7) is 5.07. The van der Waals surface area contributed by atoms with Crippen LogP contribution >= 0.6 is 0 Å². The second kappa shape index (κ2) is 6.15. The summed E-state index contributed by atoms with van der Waals surface area (Å²) in [7, 11) is -3.38. The van der Waals surface area contributed by atoms with E-state index in [1.54, 1.807) is 10.9 Å². The molecule has 120 valence electrons. The molecule has 0 unspecified atom stereocenters. The Morgan fingerprint density at radius 1 is 1.32 bits per heavy atom. The van der Waals surface area contributed by atoms with E-state index in [1.807, 2.05) is 6.20 Å². The van der Waals surface area contributed by atoms with Gasteiger partial charge in [-0.1, -0.05) is 0 Å². The van der Waals surface area contributed by atoms with Crippen LogP contribution in [0.1, 0.15) is 0 Å². The largest absolute Gasteiger partial charge is 0.379 e. The lowest BCUT2D eigenvalue weighted by Gasteiger charge is -2.26. The van der Waals surface area contributed by atoms with E-state index in [4.69, 9.17) is 4.74 Å². The number of H-pyrrole nitrogens is 1. The van der Waals surface area contributed by atoms with E-state index in [-0.39, 0.29) is 5.16 Å². The fraction of sp³-hybridized carbons (Fsp3) is 0.583. The van der Waals surface area contributed by atoms with Crippen LogP contribution < -0.4 is 0 Å². The second-order valence-electron chi connectivity index (χ2n) is 5.18. The Morgan fingerprint density at radius 2 is 2.09 bits per heavy atom. The van der Waals surface area contributed by atoms with E-state index in [9.17, 15) is 8.42 Å². The first-order valence-corrected chi connectivity index (χ1v) is 8.87. The monoisotopic (exact) mass is 326 g/mol. The molecule has 1 aliphatic heterocycles. The van der Waals surface area contributed by atoms with Crippen LogP contribution in [0.4, 0.5) is 0 Å². The predicted octanol–water partition coefficient (Wildman–Crippen LogP) is -0.596. The number of sulfone groups is 1. The van der Waals surface area contributed by atoms with Gasteiger partial charge in [-0.3, -0.25) is 9.58 Å². The number of nitrogens with one attached hydrogen (secondary N) is 1. The van der Waals surface area contributed by atoms with Crippen molar-refractivity contribution in [1.29, 1.82) is 0 Å². The van der Waals surface area contributed by atoms with E-state index in [1.165, 1.54) is 0 Å². The van der Waals surface area contributed by atoms with E-state index in [0.717, 1.165) is 45.6 Å². The number of aromatic amines is 1. The van der Waals surface area contributed by atoms with E-state index < -0.39 is 9.84 Å². The molecule has 0 amide bonds. The minimum atomic E-state index is -3.38. The van der Waals surface area contributed by atoms with Gasteiger partial charge in [-0.15, -0.1) is 0 Å². The van der Waals surface area contributed by atoms with Gasteiger partial charge in [0.25, 0.3) is 0 Å². The van der Waals surface area contributed by atoms with Crippen molar-refractivity contribution in [3.8, 4) is 11.4 Å². The molecule has 1 saturated heterocycles. The molecule has 0 aromatic carbocycles. The van der Waals surface area contributed by atoms with Gasteiger partial charge in [0.15, 0.2) is 5.82 Å². The SMILES string of the molecule is CS(=O)(=O)c1nc(-c2cnn(CCN3CCOCC3)c2)n[nH]1. The van der Waals surface area contributed by atoms with Gasteiger partial charge in [-0.2, -0.15) is 15.2 Å². The van der Waals surface area contributed by atoms with Gasteiger partial charge in [-0.05, 0) is 0 Å². The van der Waals surface area contributed by atoms with Crippen LogP contribution in [-0.4, -0.2) is 77.4 Å². The van der Waals surface area contributed by atoms with Gasteiger partial charge < -0.3 is 4.74 Å². The van der Waals surface area contributed by atoms with Crippen LogP contribution in [0, 0.1) is 0 Å². The summed E-state index contributed by atoms with van der Waals surface area (Å²) in [4.78, 5) is 6.30. The molecule has 10 heteroatoms. The van der Waals surface area contributed by atoms with Gasteiger partial charge >= 0.3 is 0 Å². The van der Waals surface area contributed by atoms with Crippen LogP contribution in [-0.2, 0) is 21.1 Å². The molecule has 0 spiro atoms. The highest BCUT2D eigenvalue weighted by molar-refractivity contribution is 7.90. The average Bonchev–Trinajstić information content (AvgIpc) is 3.14. The molecular formula is C12H18N6O3S. The zero-order chi connectivity index (χ0) is 15.6. The molecule has 0 atom stereocenters. The molecule has 1 N–H and O–H groups in total. The maximum absolute atomic E-state index is 11.4. The van der Waals surface area contributed by atoms with Crippen LogP contribution in [0.2, 0.25) is 0 Å². The number of aromatic nitrogens is 5. The van der Waals surface area contributed by atoms with E-state index in [2.05, 4.69) is 25.2 Å². The highest BCUT2D eigenvalue weighted by Gasteiger charge is 2.16. The summed E-state index contributed by atoms with van der Waals surface area (Å²) in [6.07, 6.45) is 4.53. The standard InChI is InChI=1S/C12H18N6O3S/c1-22(19,20)12-14-11(15-16-12)10-8-13-18(9-10)3-2-17-4-6-21-7-5-17/h8-9H,2-7H2,1H3,(H,14,15,16). The van der Waals surface area contributed by atoms with Crippen LogP contribution in [0.15, 0.2) is 17.6 Å². The zero-order valence-electron chi connectivity index (χ0n) is 12.3. The Kier molecular flexibility index (Phi) is 4.23. The predicted molar refractivity (Wildman–Crippen MR) is 78.0 cm³/mol. The Hall–Kier alpha value is -1.78. The molecule has 2 aromatic heterocycles. The summed E-state index contributed by atoms with van der Waals surface area (Å²) in [5, 5.41) is 10.5. The molecule has 3 rings (SSSR count). The summed E-state index contributed by atoms with van der Waals surface area (Å²) >= 11 is 0. The normalized spacial score (nSPS) is 17.0. The van der Waals surface area contributed by atoms with Gasteiger partial charge in [-0.25, -0.2) is 13.5 Å². The summed E-state index contributed by atoms with van der Waals surface area (Å²) < 4.78 is 29.9. The number of ether oxygens (including phenoxy) is 1. The lowest BCUT2D eigenvalue weighted by atomic mass is 10.3. The minimum absolute atomic E-state index is 0.136. The molecule has 3 heterocycles. The lowest BCUT2D eigenvalue weighted by Crippen LogP contribution is -2.38. The Labute approximate surface area is 128 Å². The molecule has 0 radical (unpaired) electrons. The highest BCUT2D eigenvalue weighted by atomic mass is 32.2. The quantitative estimate of drug-likeness (QED) is 0.782. The molecule has 2 aromatic rings. The van der Waals surface area contributed by atoms with Crippen molar-refractivity contribution in [2.45, 2.75) is 11.7 Å². The third-order valence-corrected chi connectivity index (χ3v) is 4.34. The van der Waals surface area contributed by atoms with Crippen molar-refractivity contribution in [3.63, 3.8) is 0 Å². The molecule has 0 aliphatic carbocycles. The Balaban J connectivity index is 1.64. The van der Waals surface area contributed by atoms with Crippen LogP contribution in [0.25, 0.3) is 11.4 Å². The van der Waals surface area contributed by atoms with Crippen LogP contribution in [0.3, 0.4) is 0 Å². The second-order valence-corrected chi connectivity index (χ2v) is 7.11. The minimum Gasteiger partial charge on any atom is -0.379 e. The molecule has 9 nitrogen and oxygen atoms in total. The Bertz CT molecular complexity index is 732. The fourth-order valence-electron chi connectivity index (χ4n) is 2.21. The van der Waals surface area contributed by atoms with Gasteiger partial charge in [0.2, 0.25) is 15.0 Å². The van der Waals surface area contributed by atoms with Crippen molar-refractivity contribution in [1.82, 2.24) is 29.9 Å².